The monoisotopic (exact) mass is 304 g/mol. The van der Waals surface area contributed by atoms with E-state index in [-0.39, 0.29) is 0 Å². The molecule has 0 unspecified atom stereocenters. The molecule has 0 saturated carbocycles. The highest BCUT2D eigenvalue weighted by molar-refractivity contribution is 5.96. The molecule has 0 saturated heterocycles. The predicted octanol–water partition coefficient (Wildman–Crippen LogP) is 5.09. The van der Waals surface area contributed by atoms with Gasteiger partial charge in [0.2, 0.25) is 0 Å². The van der Waals surface area contributed by atoms with Crippen LogP contribution in [0.3, 0.4) is 0 Å². The molecule has 22 heavy (non-hydrogen) atoms. The van der Waals surface area contributed by atoms with Crippen molar-refractivity contribution in [2.24, 2.45) is 0 Å². The lowest BCUT2D eigenvalue weighted by molar-refractivity contribution is 0.309. The summed E-state index contributed by atoms with van der Waals surface area (Å²) in [6.07, 6.45) is 6.85. The summed E-state index contributed by atoms with van der Waals surface area (Å²) in [7, 11) is 0. The van der Waals surface area contributed by atoms with Gasteiger partial charge in [0.25, 0.3) is 0 Å². The van der Waals surface area contributed by atoms with Gasteiger partial charge in [-0.3, -0.25) is 5.41 Å². The van der Waals surface area contributed by atoms with Crippen LogP contribution in [0.2, 0.25) is 0 Å². The number of hydrogen-bond donors (Lipinski definition) is 1. The Labute approximate surface area is 136 Å². The van der Waals surface area contributed by atoms with Crippen molar-refractivity contribution in [3.05, 3.63) is 29.8 Å². The van der Waals surface area contributed by atoms with Gasteiger partial charge in [-0.15, -0.1) is 0 Å². The summed E-state index contributed by atoms with van der Waals surface area (Å²) >= 11 is 0. The van der Waals surface area contributed by atoms with Gasteiger partial charge in [0, 0.05) is 18.7 Å². The van der Waals surface area contributed by atoms with Gasteiger partial charge in [0.1, 0.15) is 11.6 Å². The number of nitrogens with zero attached hydrogens (tertiary/aromatic N) is 1. The smallest absolute Gasteiger partial charge is 0.128 e. The van der Waals surface area contributed by atoms with Crippen molar-refractivity contribution in [3.8, 4) is 5.75 Å². The van der Waals surface area contributed by atoms with Crippen LogP contribution in [0.5, 0.6) is 5.75 Å². The number of benzene rings is 1. The van der Waals surface area contributed by atoms with Crippen molar-refractivity contribution < 1.29 is 4.74 Å². The zero-order valence-electron chi connectivity index (χ0n) is 14.5. The number of rotatable bonds is 11. The molecule has 1 aromatic rings. The van der Waals surface area contributed by atoms with Crippen molar-refractivity contribution in [1.29, 1.82) is 5.41 Å². The van der Waals surface area contributed by atoms with Crippen LogP contribution in [0.25, 0.3) is 0 Å². The molecule has 3 nitrogen and oxygen atoms in total. The van der Waals surface area contributed by atoms with Gasteiger partial charge < -0.3 is 9.64 Å². The first-order valence-electron chi connectivity index (χ1n) is 8.79. The van der Waals surface area contributed by atoms with Gasteiger partial charge >= 0.3 is 0 Å². The number of unbranched alkanes of at least 4 members (excludes halogenated alkanes) is 3. The molecule has 0 radical (unpaired) electrons. The van der Waals surface area contributed by atoms with Gasteiger partial charge in [-0.05, 0) is 43.5 Å². The van der Waals surface area contributed by atoms with E-state index in [0.717, 1.165) is 56.7 Å². The minimum absolute atomic E-state index is 0.641. The maximum atomic E-state index is 8.47. The van der Waals surface area contributed by atoms with Crippen LogP contribution < -0.4 is 4.74 Å². The molecule has 0 bridgehead atoms. The predicted molar refractivity (Wildman–Crippen MR) is 95.1 cm³/mol. The van der Waals surface area contributed by atoms with E-state index in [0.29, 0.717) is 5.84 Å². The summed E-state index contributed by atoms with van der Waals surface area (Å²) < 4.78 is 5.69. The summed E-state index contributed by atoms with van der Waals surface area (Å²) in [5.41, 5.74) is 0.982. The maximum absolute atomic E-state index is 8.47. The highest BCUT2D eigenvalue weighted by Crippen LogP contribution is 2.15. The van der Waals surface area contributed by atoms with E-state index >= 15 is 0 Å². The molecule has 0 aliphatic rings. The fraction of sp³-hybridized carbons (Fsp3) is 0.632. The summed E-state index contributed by atoms with van der Waals surface area (Å²) in [4.78, 5) is 2.21. The Morgan fingerprint density at radius 2 is 1.45 bits per heavy atom. The number of hydrogen-bond acceptors (Lipinski definition) is 2. The van der Waals surface area contributed by atoms with Gasteiger partial charge in [0.15, 0.2) is 0 Å². The third kappa shape index (κ3) is 6.50. The average Bonchev–Trinajstić information content (AvgIpc) is 2.55. The van der Waals surface area contributed by atoms with Crippen molar-refractivity contribution in [1.82, 2.24) is 4.90 Å². The van der Waals surface area contributed by atoms with Crippen molar-refractivity contribution in [3.63, 3.8) is 0 Å². The largest absolute Gasteiger partial charge is 0.494 e. The highest BCUT2D eigenvalue weighted by Gasteiger charge is 2.11. The first-order valence-corrected chi connectivity index (χ1v) is 8.79. The molecule has 124 valence electrons. The molecule has 1 rings (SSSR count). The van der Waals surface area contributed by atoms with Crippen molar-refractivity contribution >= 4 is 5.84 Å². The van der Waals surface area contributed by atoms with Crippen LogP contribution in [0.15, 0.2) is 24.3 Å². The molecule has 1 aromatic carbocycles. The number of nitrogens with one attached hydrogen (secondary N) is 1. The van der Waals surface area contributed by atoms with Crippen LogP contribution in [0, 0.1) is 5.41 Å². The van der Waals surface area contributed by atoms with E-state index in [1.165, 1.54) is 12.8 Å². The molecular formula is C19H32N2O. The van der Waals surface area contributed by atoms with Gasteiger partial charge in [-0.2, -0.15) is 0 Å². The Hall–Kier alpha value is -1.51. The standard InChI is InChI=1S/C19H32N2O/c1-4-7-14-21(15-8-5-2)19(20)17-10-12-18(13-11-17)22-16-9-6-3/h10-13,20H,4-9,14-16H2,1-3H3. The van der Waals surface area contributed by atoms with E-state index in [4.69, 9.17) is 10.1 Å². The average molecular weight is 304 g/mol. The van der Waals surface area contributed by atoms with Crippen LogP contribution in [0.4, 0.5) is 0 Å². The van der Waals surface area contributed by atoms with E-state index in [9.17, 15) is 0 Å². The Bertz CT molecular complexity index is 406. The lowest BCUT2D eigenvalue weighted by Crippen LogP contribution is -2.32. The lowest BCUT2D eigenvalue weighted by Gasteiger charge is -2.25. The van der Waals surface area contributed by atoms with E-state index in [1.807, 2.05) is 24.3 Å². The fourth-order valence-electron chi connectivity index (χ4n) is 2.26. The Balaban J connectivity index is 2.63. The van der Waals surface area contributed by atoms with E-state index in [2.05, 4.69) is 25.7 Å². The SMILES string of the molecule is CCCCOc1ccc(C(=N)N(CCCC)CCCC)cc1. The third-order valence-electron chi connectivity index (χ3n) is 3.77. The molecule has 0 heterocycles. The van der Waals surface area contributed by atoms with Crippen molar-refractivity contribution in [2.75, 3.05) is 19.7 Å². The highest BCUT2D eigenvalue weighted by atomic mass is 16.5. The summed E-state index contributed by atoms with van der Waals surface area (Å²) in [6, 6.07) is 7.98. The molecule has 3 heteroatoms. The maximum Gasteiger partial charge on any atom is 0.128 e. The Kier molecular flexibility index (Phi) is 9.36. The van der Waals surface area contributed by atoms with E-state index in [1.54, 1.807) is 0 Å². The Morgan fingerprint density at radius 3 is 1.95 bits per heavy atom. The molecule has 0 aliphatic carbocycles. The molecule has 0 fully saturated rings. The fourth-order valence-corrected chi connectivity index (χ4v) is 2.26. The number of amidine groups is 1. The first kappa shape index (κ1) is 18.5. The lowest BCUT2D eigenvalue weighted by atomic mass is 10.1. The van der Waals surface area contributed by atoms with Crippen LogP contribution in [-0.4, -0.2) is 30.4 Å². The summed E-state index contributed by atoms with van der Waals surface area (Å²) in [5.74, 6) is 1.54. The zero-order chi connectivity index (χ0) is 16.2. The minimum atomic E-state index is 0.641. The molecule has 0 atom stereocenters. The summed E-state index contributed by atoms with van der Waals surface area (Å²) in [6.45, 7) is 9.28. The molecule has 0 aliphatic heterocycles. The van der Waals surface area contributed by atoms with Gasteiger partial charge in [0.05, 0.1) is 6.61 Å². The quantitative estimate of drug-likeness (QED) is 0.351. The molecule has 0 amide bonds. The van der Waals surface area contributed by atoms with Crippen LogP contribution in [-0.2, 0) is 0 Å². The van der Waals surface area contributed by atoms with Crippen molar-refractivity contribution in [2.45, 2.75) is 59.3 Å². The number of ether oxygens (including phenoxy) is 1. The second-order valence-corrected chi connectivity index (χ2v) is 5.77. The molecular weight excluding hydrogens is 272 g/mol. The zero-order valence-corrected chi connectivity index (χ0v) is 14.5. The van der Waals surface area contributed by atoms with E-state index < -0.39 is 0 Å². The minimum Gasteiger partial charge on any atom is -0.494 e. The Morgan fingerprint density at radius 1 is 0.909 bits per heavy atom. The summed E-state index contributed by atoms with van der Waals surface area (Å²) in [5, 5.41) is 8.47. The third-order valence-corrected chi connectivity index (χ3v) is 3.77. The first-order chi connectivity index (χ1) is 10.7. The normalized spacial score (nSPS) is 10.5. The van der Waals surface area contributed by atoms with Crippen LogP contribution >= 0.6 is 0 Å². The molecule has 0 aromatic heterocycles. The van der Waals surface area contributed by atoms with Gasteiger partial charge in [-0.25, -0.2) is 0 Å². The second-order valence-electron chi connectivity index (χ2n) is 5.77. The second kappa shape index (κ2) is 11.1. The topological polar surface area (TPSA) is 36.3 Å². The molecule has 0 spiro atoms. The molecule has 1 N–H and O–H groups in total. The van der Waals surface area contributed by atoms with Crippen LogP contribution in [0.1, 0.15) is 64.9 Å². The van der Waals surface area contributed by atoms with Gasteiger partial charge in [-0.1, -0.05) is 40.0 Å².